The maximum atomic E-state index is 6.02. The molecule has 1 spiro atoms. The molecule has 20 heavy (non-hydrogen) atoms. The molecule has 2 fully saturated rings. The largest absolute Gasteiger partial charge is 0.375 e. The van der Waals surface area contributed by atoms with E-state index in [-0.39, 0.29) is 5.60 Å². The van der Waals surface area contributed by atoms with E-state index in [0.717, 1.165) is 23.9 Å². The summed E-state index contributed by atoms with van der Waals surface area (Å²) in [5.74, 6) is 6.45. The van der Waals surface area contributed by atoms with Gasteiger partial charge in [0.25, 0.3) is 0 Å². The molecule has 3 nitrogen and oxygen atoms in total. The minimum atomic E-state index is 0.192. The molecule has 1 aromatic carbocycles. The van der Waals surface area contributed by atoms with Crippen LogP contribution in [0, 0.1) is 5.92 Å². The monoisotopic (exact) mass is 338 g/mol. The Morgan fingerprint density at radius 2 is 2.10 bits per heavy atom. The van der Waals surface area contributed by atoms with Crippen molar-refractivity contribution in [2.75, 3.05) is 6.61 Å². The average Bonchev–Trinajstić information content (AvgIpc) is 2.45. The topological polar surface area (TPSA) is 47.3 Å². The van der Waals surface area contributed by atoms with Crippen molar-refractivity contribution in [3.8, 4) is 0 Å². The molecule has 2 atom stereocenters. The van der Waals surface area contributed by atoms with Gasteiger partial charge in [0.05, 0.1) is 5.60 Å². The van der Waals surface area contributed by atoms with E-state index in [9.17, 15) is 0 Å². The highest BCUT2D eigenvalue weighted by Crippen LogP contribution is 2.45. The molecule has 3 N–H and O–H groups in total. The predicted molar refractivity (Wildman–Crippen MR) is 84.2 cm³/mol. The lowest BCUT2D eigenvalue weighted by molar-refractivity contribution is -0.147. The molecular weight excluding hydrogens is 316 g/mol. The number of hydrazine groups is 1. The number of nitrogens with two attached hydrogens (primary N) is 1. The van der Waals surface area contributed by atoms with Crippen LogP contribution in [0.15, 0.2) is 28.7 Å². The Morgan fingerprint density at radius 1 is 1.35 bits per heavy atom. The summed E-state index contributed by atoms with van der Waals surface area (Å²) in [4.78, 5) is 0. The van der Waals surface area contributed by atoms with Crippen molar-refractivity contribution in [3.63, 3.8) is 0 Å². The van der Waals surface area contributed by atoms with Crippen LogP contribution in [0.25, 0.3) is 0 Å². The molecule has 4 heteroatoms. The zero-order chi connectivity index (χ0) is 14.0. The van der Waals surface area contributed by atoms with Crippen molar-refractivity contribution in [3.05, 3.63) is 34.3 Å². The van der Waals surface area contributed by atoms with Crippen LogP contribution < -0.4 is 11.3 Å². The summed E-state index contributed by atoms with van der Waals surface area (Å²) in [5, 5.41) is 0. The second kappa shape index (κ2) is 6.14. The van der Waals surface area contributed by atoms with Crippen LogP contribution in [0.1, 0.15) is 37.7 Å². The SMILES string of the molecule is NNC(Cc1ccc(Br)cc1)C1CCOC2(CCC2)C1. The zero-order valence-corrected chi connectivity index (χ0v) is 13.4. The molecule has 3 rings (SSSR count). The van der Waals surface area contributed by atoms with Gasteiger partial charge < -0.3 is 4.74 Å². The minimum Gasteiger partial charge on any atom is -0.375 e. The van der Waals surface area contributed by atoms with Crippen molar-refractivity contribution in [1.29, 1.82) is 0 Å². The molecule has 1 saturated heterocycles. The van der Waals surface area contributed by atoms with Crippen molar-refractivity contribution < 1.29 is 4.74 Å². The number of halogens is 1. The van der Waals surface area contributed by atoms with E-state index in [4.69, 9.17) is 10.6 Å². The molecule has 1 aliphatic heterocycles. The Kier molecular flexibility index (Phi) is 4.46. The molecule has 0 aromatic heterocycles. The molecular formula is C16H23BrN2O. The van der Waals surface area contributed by atoms with Crippen molar-refractivity contribution in [2.45, 2.75) is 50.2 Å². The number of rotatable bonds is 4. The number of hydrogen-bond donors (Lipinski definition) is 2. The summed E-state index contributed by atoms with van der Waals surface area (Å²) in [6, 6.07) is 8.89. The molecule has 1 aromatic rings. The number of ether oxygens (including phenoxy) is 1. The van der Waals surface area contributed by atoms with Gasteiger partial charge in [-0.15, -0.1) is 0 Å². The molecule has 1 aliphatic carbocycles. The molecule has 0 radical (unpaired) electrons. The van der Waals surface area contributed by atoms with Crippen LogP contribution in [0.2, 0.25) is 0 Å². The number of benzene rings is 1. The van der Waals surface area contributed by atoms with Gasteiger partial charge in [-0.1, -0.05) is 28.1 Å². The van der Waals surface area contributed by atoms with Crippen molar-refractivity contribution in [2.24, 2.45) is 11.8 Å². The Morgan fingerprint density at radius 3 is 2.70 bits per heavy atom. The van der Waals surface area contributed by atoms with E-state index in [1.165, 1.54) is 31.2 Å². The quantitative estimate of drug-likeness (QED) is 0.654. The summed E-state index contributed by atoms with van der Waals surface area (Å²) >= 11 is 3.48. The highest BCUT2D eigenvalue weighted by molar-refractivity contribution is 9.10. The predicted octanol–water partition coefficient (Wildman–Crippen LogP) is 3.17. The van der Waals surface area contributed by atoms with E-state index in [1.807, 2.05) is 0 Å². The van der Waals surface area contributed by atoms with Crippen LogP contribution in [0.4, 0.5) is 0 Å². The van der Waals surface area contributed by atoms with E-state index in [0.29, 0.717) is 12.0 Å². The van der Waals surface area contributed by atoms with Gasteiger partial charge >= 0.3 is 0 Å². The van der Waals surface area contributed by atoms with E-state index < -0.39 is 0 Å². The standard InChI is InChI=1S/C16H23BrN2O/c17-14-4-2-12(3-5-14)10-15(19-18)13-6-9-20-16(11-13)7-1-8-16/h2-5,13,15,19H,1,6-11,18H2. The van der Waals surface area contributed by atoms with E-state index >= 15 is 0 Å². The highest BCUT2D eigenvalue weighted by Gasteiger charge is 2.44. The lowest BCUT2D eigenvalue weighted by Crippen LogP contribution is -2.52. The van der Waals surface area contributed by atoms with E-state index in [1.54, 1.807) is 0 Å². The first-order valence-corrected chi connectivity index (χ1v) is 8.35. The number of hydrogen-bond acceptors (Lipinski definition) is 3. The summed E-state index contributed by atoms with van der Waals surface area (Å²) < 4.78 is 7.14. The normalized spacial score (nSPS) is 26.2. The highest BCUT2D eigenvalue weighted by atomic mass is 79.9. The molecule has 1 heterocycles. The molecule has 2 unspecified atom stereocenters. The summed E-state index contributed by atoms with van der Waals surface area (Å²) in [5.41, 5.74) is 4.58. The second-order valence-corrected chi connectivity index (χ2v) is 7.16. The Bertz CT molecular complexity index is 444. The smallest absolute Gasteiger partial charge is 0.0685 e. The van der Waals surface area contributed by atoms with Gasteiger partial charge in [-0.3, -0.25) is 11.3 Å². The first kappa shape index (κ1) is 14.5. The maximum absolute atomic E-state index is 6.02. The lowest BCUT2D eigenvalue weighted by Gasteiger charge is -2.48. The lowest BCUT2D eigenvalue weighted by atomic mass is 9.70. The molecule has 1 saturated carbocycles. The van der Waals surface area contributed by atoms with Gasteiger partial charge in [0.15, 0.2) is 0 Å². The van der Waals surface area contributed by atoms with Gasteiger partial charge in [-0.2, -0.15) is 0 Å². The van der Waals surface area contributed by atoms with Gasteiger partial charge in [0.1, 0.15) is 0 Å². The third kappa shape index (κ3) is 3.08. The summed E-state index contributed by atoms with van der Waals surface area (Å²) in [6.07, 6.45) is 7.06. The zero-order valence-electron chi connectivity index (χ0n) is 11.8. The average molecular weight is 339 g/mol. The van der Waals surface area contributed by atoms with Gasteiger partial charge in [-0.25, -0.2) is 0 Å². The van der Waals surface area contributed by atoms with Crippen molar-refractivity contribution in [1.82, 2.24) is 5.43 Å². The Balaban J connectivity index is 1.65. The van der Waals surface area contributed by atoms with Crippen LogP contribution in [-0.2, 0) is 11.2 Å². The van der Waals surface area contributed by atoms with Crippen LogP contribution >= 0.6 is 15.9 Å². The third-order valence-electron chi connectivity index (χ3n) is 4.95. The maximum Gasteiger partial charge on any atom is 0.0685 e. The minimum absolute atomic E-state index is 0.192. The fourth-order valence-corrected chi connectivity index (χ4v) is 3.83. The van der Waals surface area contributed by atoms with Gasteiger partial charge in [0, 0.05) is 17.1 Å². The Labute approximate surface area is 129 Å². The van der Waals surface area contributed by atoms with Gasteiger partial charge in [0.2, 0.25) is 0 Å². The van der Waals surface area contributed by atoms with E-state index in [2.05, 4.69) is 45.6 Å². The first-order chi connectivity index (χ1) is 9.71. The fourth-order valence-electron chi connectivity index (χ4n) is 3.56. The Hall–Kier alpha value is -0.420. The van der Waals surface area contributed by atoms with Crippen LogP contribution in [-0.4, -0.2) is 18.2 Å². The fraction of sp³-hybridized carbons (Fsp3) is 0.625. The molecule has 110 valence electrons. The summed E-state index contributed by atoms with van der Waals surface area (Å²) in [6.45, 7) is 0.892. The third-order valence-corrected chi connectivity index (χ3v) is 5.48. The number of nitrogens with one attached hydrogen (secondary N) is 1. The molecule has 2 aliphatic rings. The molecule has 0 bridgehead atoms. The van der Waals surface area contributed by atoms with Crippen LogP contribution in [0.3, 0.4) is 0 Å². The first-order valence-electron chi connectivity index (χ1n) is 7.55. The van der Waals surface area contributed by atoms with Crippen LogP contribution in [0.5, 0.6) is 0 Å². The van der Waals surface area contributed by atoms with Gasteiger partial charge in [-0.05, 0) is 62.1 Å². The molecule has 0 amide bonds. The van der Waals surface area contributed by atoms with Crippen molar-refractivity contribution >= 4 is 15.9 Å². The summed E-state index contributed by atoms with van der Waals surface area (Å²) in [7, 11) is 0. The second-order valence-electron chi connectivity index (χ2n) is 6.24.